The molecule has 2 fully saturated rings. The Morgan fingerprint density at radius 1 is 1.21 bits per heavy atom. The highest BCUT2D eigenvalue weighted by Gasteiger charge is 2.33. The van der Waals surface area contributed by atoms with E-state index in [0.29, 0.717) is 12.6 Å². The van der Waals surface area contributed by atoms with Gasteiger partial charge in [-0.25, -0.2) is 4.99 Å². The number of guanidine groups is 1. The lowest BCUT2D eigenvalue weighted by Gasteiger charge is -2.33. The molecule has 5 heteroatoms. The molecule has 2 N–H and O–H groups in total. The Morgan fingerprint density at radius 2 is 2.00 bits per heavy atom. The summed E-state index contributed by atoms with van der Waals surface area (Å²) in [4.78, 5) is 4.84. The zero-order valence-corrected chi connectivity index (χ0v) is 15.7. The highest BCUT2D eigenvalue weighted by molar-refractivity contribution is 5.80. The van der Waals surface area contributed by atoms with Gasteiger partial charge in [-0.05, 0) is 51.9 Å². The fraction of sp³-hybridized carbons (Fsp3) is 0.789. The third kappa shape index (κ3) is 3.76. The van der Waals surface area contributed by atoms with Crippen molar-refractivity contribution in [2.45, 2.75) is 71.9 Å². The number of nitrogens with zero attached hydrogens (tertiary/aromatic N) is 3. The van der Waals surface area contributed by atoms with Crippen LogP contribution >= 0.6 is 0 Å². The summed E-state index contributed by atoms with van der Waals surface area (Å²) >= 11 is 0. The van der Waals surface area contributed by atoms with E-state index in [-0.39, 0.29) is 0 Å². The zero-order chi connectivity index (χ0) is 17.1. The van der Waals surface area contributed by atoms with Gasteiger partial charge < -0.3 is 10.6 Å². The van der Waals surface area contributed by atoms with Crippen molar-refractivity contribution in [3.63, 3.8) is 0 Å². The van der Waals surface area contributed by atoms with Gasteiger partial charge in [0.1, 0.15) is 0 Å². The Bertz CT molecular complexity index is 589. The Kier molecular flexibility index (Phi) is 5.47. The molecule has 2 aliphatic rings. The van der Waals surface area contributed by atoms with Crippen LogP contribution < -0.4 is 10.6 Å². The van der Waals surface area contributed by atoms with Crippen molar-refractivity contribution in [2.24, 2.45) is 23.9 Å². The number of aromatic nitrogens is 2. The van der Waals surface area contributed by atoms with Crippen molar-refractivity contribution in [1.29, 1.82) is 0 Å². The van der Waals surface area contributed by atoms with Crippen molar-refractivity contribution in [2.75, 3.05) is 6.54 Å². The van der Waals surface area contributed by atoms with E-state index in [1.807, 2.05) is 11.7 Å². The standard InChI is InChI=1S/C19H33N5/c1-5-20-19(21-12-18-13(2)23-24(4)14(18)3)22-17-10-9-15-7-6-8-16(15)11-17/h15-17H,5-12H2,1-4H3,(H2,20,21,22). The summed E-state index contributed by atoms with van der Waals surface area (Å²) in [6, 6.07) is 0.582. The fourth-order valence-corrected chi connectivity index (χ4v) is 4.55. The van der Waals surface area contributed by atoms with Gasteiger partial charge in [-0.15, -0.1) is 0 Å². The molecule has 2 saturated carbocycles. The normalized spacial score (nSPS) is 27.2. The number of fused-ring (bicyclic) bond motifs is 1. The number of rotatable bonds is 4. The molecule has 2 aliphatic carbocycles. The first kappa shape index (κ1) is 17.3. The maximum Gasteiger partial charge on any atom is 0.191 e. The average Bonchev–Trinajstić information content (AvgIpc) is 3.11. The summed E-state index contributed by atoms with van der Waals surface area (Å²) in [6.07, 6.45) is 8.34. The smallest absolute Gasteiger partial charge is 0.191 e. The van der Waals surface area contributed by atoms with Crippen molar-refractivity contribution in [1.82, 2.24) is 20.4 Å². The van der Waals surface area contributed by atoms with Crippen LogP contribution in [0.25, 0.3) is 0 Å². The van der Waals surface area contributed by atoms with Gasteiger partial charge in [-0.1, -0.05) is 19.3 Å². The molecule has 0 aromatic carbocycles. The molecular formula is C19H33N5. The molecule has 1 aromatic rings. The Labute approximate surface area is 146 Å². The molecule has 3 rings (SSSR count). The van der Waals surface area contributed by atoms with Gasteiger partial charge in [-0.3, -0.25) is 4.68 Å². The van der Waals surface area contributed by atoms with Gasteiger partial charge in [-0.2, -0.15) is 5.10 Å². The Balaban J connectivity index is 1.63. The minimum atomic E-state index is 0.582. The number of nitrogens with one attached hydrogen (secondary N) is 2. The molecule has 0 spiro atoms. The maximum absolute atomic E-state index is 4.84. The second-order valence-electron chi connectivity index (χ2n) is 7.57. The van der Waals surface area contributed by atoms with Gasteiger partial charge in [0.2, 0.25) is 0 Å². The first-order chi connectivity index (χ1) is 11.6. The molecule has 0 aliphatic heterocycles. The van der Waals surface area contributed by atoms with E-state index in [4.69, 9.17) is 4.99 Å². The lowest BCUT2D eigenvalue weighted by molar-refractivity contribution is 0.239. The summed E-state index contributed by atoms with van der Waals surface area (Å²) in [7, 11) is 2.00. The van der Waals surface area contributed by atoms with Crippen LogP contribution in [0, 0.1) is 25.7 Å². The van der Waals surface area contributed by atoms with E-state index in [9.17, 15) is 0 Å². The predicted octanol–water partition coefficient (Wildman–Crippen LogP) is 3.06. The molecule has 1 heterocycles. The minimum Gasteiger partial charge on any atom is -0.357 e. The fourth-order valence-electron chi connectivity index (χ4n) is 4.55. The Hall–Kier alpha value is -1.52. The van der Waals surface area contributed by atoms with E-state index >= 15 is 0 Å². The summed E-state index contributed by atoms with van der Waals surface area (Å²) in [5, 5.41) is 11.6. The van der Waals surface area contributed by atoms with Crippen LogP contribution in [-0.4, -0.2) is 28.3 Å². The van der Waals surface area contributed by atoms with E-state index in [0.717, 1.165) is 30.0 Å². The van der Waals surface area contributed by atoms with Crippen molar-refractivity contribution >= 4 is 5.96 Å². The van der Waals surface area contributed by atoms with E-state index in [1.165, 1.54) is 49.8 Å². The maximum atomic E-state index is 4.84. The van der Waals surface area contributed by atoms with Gasteiger partial charge >= 0.3 is 0 Å². The second-order valence-corrected chi connectivity index (χ2v) is 7.57. The molecule has 0 radical (unpaired) electrons. The van der Waals surface area contributed by atoms with Crippen molar-refractivity contribution in [3.8, 4) is 0 Å². The Morgan fingerprint density at radius 3 is 2.71 bits per heavy atom. The summed E-state index contributed by atoms with van der Waals surface area (Å²) in [5.74, 6) is 2.91. The minimum absolute atomic E-state index is 0.582. The highest BCUT2D eigenvalue weighted by atomic mass is 15.3. The number of hydrogen-bond acceptors (Lipinski definition) is 2. The van der Waals surface area contributed by atoms with Gasteiger partial charge in [0, 0.05) is 30.9 Å². The van der Waals surface area contributed by atoms with Crippen LogP contribution in [0.1, 0.15) is 62.4 Å². The van der Waals surface area contributed by atoms with Crippen LogP contribution in [0.4, 0.5) is 0 Å². The lowest BCUT2D eigenvalue weighted by Crippen LogP contribution is -2.46. The largest absolute Gasteiger partial charge is 0.357 e. The van der Waals surface area contributed by atoms with Crippen molar-refractivity contribution < 1.29 is 0 Å². The summed E-state index contributed by atoms with van der Waals surface area (Å²) < 4.78 is 1.95. The van der Waals surface area contributed by atoms with E-state index in [2.05, 4.69) is 36.5 Å². The van der Waals surface area contributed by atoms with Gasteiger partial charge in [0.15, 0.2) is 5.96 Å². The monoisotopic (exact) mass is 331 g/mol. The first-order valence-electron chi connectivity index (χ1n) is 9.62. The van der Waals surface area contributed by atoms with Crippen LogP contribution in [0.2, 0.25) is 0 Å². The molecule has 134 valence electrons. The summed E-state index contributed by atoms with van der Waals surface area (Å²) in [5.41, 5.74) is 3.54. The zero-order valence-electron chi connectivity index (χ0n) is 15.7. The summed E-state index contributed by atoms with van der Waals surface area (Å²) in [6.45, 7) is 7.91. The van der Waals surface area contributed by atoms with Crippen molar-refractivity contribution in [3.05, 3.63) is 17.0 Å². The van der Waals surface area contributed by atoms with Crippen LogP contribution in [0.3, 0.4) is 0 Å². The van der Waals surface area contributed by atoms with Gasteiger partial charge in [0.25, 0.3) is 0 Å². The molecule has 0 bridgehead atoms. The topological polar surface area (TPSA) is 54.2 Å². The second kappa shape index (κ2) is 7.58. The number of hydrogen-bond donors (Lipinski definition) is 2. The van der Waals surface area contributed by atoms with E-state index < -0.39 is 0 Å². The molecule has 0 amide bonds. The van der Waals surface area contributed by atoms with Crippen LogP contribution in [-0.2, 0) is 13.6 Å². The molecule has 5 nitrogen and oxygen atoms in total. The average molecular weight is 332 g/mol. The molecule has 3 atom stereocenters. The van der Waals surface area contributed by atoms with Crippen LogP contribution in [0.5, 0.6) is 0 Å². The van der Waals surface area contributed by atoms with E-state index in [1.54, 1.807) is 0 Å². The van der Waals surface area contributed by atoms with Crippen LogP contribution in [0.15, 0.2) is 4.99 Å². The van der Waals surface area contributed by atoms with Gasteiger partial charge in [0.05, 0.1) is 12.2 Å². The number of aryl methyl sites for hydroxylation is 2. The molecule has 3 unspecified atom stereocenters. The number of aliphatic imine (C=N–C) groups is 1. The molecule has 1 aromatic heterocycles. The quantitative estimate of drug-likeness (QED) is 0.658. The molecule has 24 heavy (non-hydrogen) atoms. The highest BCUT2D eigenvalue weighted by Crippen LogP contribution is 2.41. The lowest BCUT2D eigenvalue weighted by atomic mass is 9.79. The molecule has 0 saturated heterocycles. The third-order valence-corrected chi connectivity index (χ3v) is 6.03. The third-order valence-electron chi connectivity index (χ3n) is 6.03. The molecular weight excluding hydrogens is 298 g/mol. The predicted molar refractivity (Wildman–Crippen MR) is 99.1 cm³/mol. The first-order valence-corrected chi connectivity index (χ1v) is 9.62. The SMILES string of the molecule is CCNC(=NCc1c(C)nn(C)c1C)NC1CCC2CCCC2C1.